The van der Waals surface area contributed by atoms with Crippen molar-refractivity contribution in [2.45, 2.75) is 63.4 Å². The highest BCUT2D eigenvalue weighted by molar-refractivity contribution is 7.84. The summed E-state index contributed by atoms with van der Waals surface area (Å²) in [4.78, 5) is 0. The van der Waals surface area contributed by atoms with Crippen molar-refractivity contribution >= 4 is 10.3 Å². The molecule has 0 saturated carbocycles. The summed E-state index contributed by atoms with van der Waals surface area (Å²) in [5, 5.41) is 5.04. The Morgan fingerprint density at radius 1 is 1.09 bits per heavy atom. The third kappa shape index (κ3) is 3.02. The summed E-state index contributed by atoms with van der Waals surface area (Å²) in [6.07, 6.45) is -2.33. The van der Waals surface area contributed by atoms with E-state index >= 15 is 0 Å². The Bertz CT molecular complexity index is 559. The molecule has 3 saturated heterocycles. The van der Waals surface area contributed by atoms with Crippen LogP contribution in [0.1, 0.15) is 27.7 Å². The van der Waals surface area contributed by atoms with Crippen LogP contribution in [0, 0.1) is 0 Å². The zero-order valence-electron chi connectivity index (χ0n) is 12.9. The van der Waals surface area contributed by atoms with Crippen LogP contribution in [0.3, 0.4) is 0 Å². The van der Waals surface area contributed by atoms with E-state index in [-0.39, 0.29) is 13.2 Å². The Balaban J connectivity index is 1.94. The smallest absolute Gasteiger partial charge is 0.333 e. The Labute approximate surface area is 129 Å². The van der Waals surface area contributed by atoms with E-state index in [0.29, 0.717) is 0 Å². The molecule has 0 unspecified atom stereocenters. The second-order valence-corrected chi connectivity index (χ2v) is 7.74. The van der Waals surface area contributed by atoms with Crippen molar-refractivity contribution in [3.05, 3.63) is 0 Å². The largest absolute Gasteiger partial charge is 0.345 e. The molecule has 0 bridgehead atoms. The van der Waals surface area contributed by atoms with Gasteiger partial charge < -0.3 is 23.7 Å². The molecule has 0 radical (unpaired) electrons. The molecule has 3 rings (SSSR count). The van der Waals surface area contributed by atoms with Gasteiger partial charge in [-0.3, -0.25) is 0 Å². The van der Waals surface area contributed by atoms with Gasteiger partial charge in [0.15, 0.2) is 17.7 Å². The second kappa shape index (κ2) is 4.84. The van der Waals surface area contributed by atoms with Gasteiger partial charge in [0.1, 0.15) is 18.8 Å². The van der Waals surface area contributed by atoms with Gasteiger partial charge >= 0.3 is 10.3 Å². The SMILES string of the molecule is CC1(C)O[C@H]2[C@@H](OS(N)(=O)=O)[C@]3(COC(C)(C)O3)OC[C@H]2O1. The normalized spacial score (nSPS) is 43.4. The van der Waals surface area contributed by atoms with Crippen LogP contribution in [-0.2, 0) is 38.2 Å². The first-order valence-electron chi connectivity index (χ1n) is 6.96. The number of hydrogen-bond donors (Lipinski definition) is 1. The molecule has 9 nitrogen and oxygen atoms in total. The van der Waals surface area contributed by atoms with Gasteiger partial charge in [-0.25, -0.2) is 9.32 Å². The number of fused-ring (bicyclic) bond motifs is 1. The Morgan fingerprint density at radius 3 is 2.32 bits per heavy atom. The number of rotatable bonds is 2. The molecule has 3 fully saturated rings. The highest BCUT2D eigenvalue weighted by atomic mass is 32.2. The van der Waals surface area contributed by atoms with Crippen LogP contribution >= 0.6 is 0 Å². The van der Waals surface area contributed by atoms with E-state index in [1.807, 2.05) is 0 Å². The molecule has 4 atom stereocenters. The first kappa shape index (κ1) is 16.5. The summed E-state index contributed by atoms with van der Waals surface area (Å²) in [5.74, 6) is -3.25. The third-order valence-corrected chi connectivity index (χ3v) is 4.20. The van der Waals surface area contributed by atoms with Crippen LogP contribution in [0.25, 0.3) is 0 Å². The average Bonchev–Trinajstić information content (AvgIpc) is 2.79. The van der Waals surface area contributed by atoms with Gasteiger partial charge in [0, 0.05) is 0 Å². The standard InChI is InChI=1S/C12H21NO8S/c1-10(2)17-6-12(21-10)9(20-22(13,14)15)8-7(5-16-12)18-11(3,4)19-8/h7-9H,5-6H2,1-4H3,(H2,13,14,15)/t7-,8-,9-,12-/m1/s1. The van der Waals surface area contributed by atoms with Crippen molar-refractivity contribution < 1.29 is 36.3 Å². The summed E-state index contributed by atoms with van der Waals surface area (Å²) in [7, 11) is -4.25. The van der Waals surface area contributed by atoms with Gasteiger partial charge in [-0.15, -0.1) is 0 Å². The van der Waals surface area contributed by atoms with Crippen molar-refractivity contribution in [3.63, 3.8) is 0 Å². The topological polar surface area (TPSA) is 116 Å². The highest BCUT2D eigenvalue weighted by Crippen LogP contribution is 2.45. The molecular weight excluding hydrogens is 318 g/mol. The Morgan fingerprint density at radius 2 is 1.77 bits per heavy atom. The van der Waals surface area contributed by atoms with Crippen LogP contribution in [0.4, 0.5) is 0 Å². The van der Waals surface area contributed by atoms with Gasteiger partial charge in [0.25, 0.3) is 0 Å². The van der Waals surface area contributed by atoms with Gasteiger partial charge in [0.05, 0.1) is 6.61 Å². The fourth-order valence-electron chi connectivity index (χ4n) is 3.04. The van der Waals surface area contributed by atoms with E-state index in [2.05, 4.69) is 0 Å². The molecule has 1 spiro atoms. The number of ether oxygens (including phenoxy) is 5. The molecule has 22 heavy (non-hydrogen) atoms. The molecule has 2 N–H and O–H groups in total. The van der Waals surface area contributed by atoms with Crippen LogP contribution in [0.2, 0.25) is 0 Å². The first-order chi connectivity index (χ1) is 9.92. The predicted octanol–water partition coefficient (Wildman–Crippen LogP) is -0.395. The Kier molecular flexibility index (Phi) is 3.63. The van der Waals surface area contributed by atoms with Crippen molar-refractivity contribution in [1.82, 2.24) is 0 Å². The summed E-state index contributed by atoms with van der Waals surface area (Å²) in [6.45, 7) is 7.00. The highest BCUT2D eigenvalue weighted by Gasteiger charge is 2.64. The summed E-state index contributed by atoms with van der Waals surface area (Å²) < 4.78 is 56.5. The van der Waals surface area contributed by atoms with Crippen molar-refractivity contribution in [2.24, 2.45) is 5.14 Å². The third-order valence-electron chi connectivity index (χ3n) is 3.72. The van der Waals surface area contributed by atoms with Crippen molar-refractivity contribution in [3.8, 4) is 0 Å². The van der Waals surface area contributed by atoms with Gasteiger partial charge in [-0.1, -0.05) is 0 Å². The quantitative estimate of drug-likeness (QED) is 0.723. The predicted molar refractivity (Wildman–Crippen MR) is 71.6 cm³/mol. The minimum Gasteiger partial charge on any atom is -0.345 e. The maximum atomic E-state index is 11.5. The molecule has 3 heterocycles. The van der Waals surface area contributed by atoms with Crippen molar-refractivity contribution in [2.75, 3.05) is 13.2 Å². The van der Waals surface area contributed by atoms with Crippen LogP contribution in [-0.4, -0.2) is 57.3 Å². The first-order valence-corrected chi connectivity index (χ1v) is 8.43. The lowest BCUT2D eigenvalue weighted by Crippen LogP contribution is -2.63. The summed E-state index contributed by atoms with van der Waals surface area (Å²) >= 11 is 0. The molecule has 0 amide bonds. The molecule has 0 aliphatic carbocycles. The second-order valence-electron chi connectivity index (χ2n) is 6.56. The molecular formula is C12H21NO8S. The van der Waals surface area contributed by atoms with E-state index in [1.54, 1.807) is 27.7 Å². The van der Waals surface area contributed by atoms with E-state index in [4.69, 9.17) is 33.0 Å². The lowest BCUT2D eigenvalue weighted by Gasteiger charge is -2.42. The van der Waals surface area contributed by atoms with E-state index in [9.17, 15) is 8.42 Å². The van der Waals surface area contributed by atoms with Crippen LogP contribution in [0.15, 0.2) is 0 Å². The number of nitrogens with two attached hydrogens (primary N) is 1. The van der Waals surface area contributed by atoms with E-state index in [0.717, 1.165) is 0 Å². The van der Waals surface area contributed by atoms with E-state index < -0.39 is 46.0 Å². The maximum Gasteiger partial charge on any atom is 0.333 e. The van der Waals surface area contributed by atoms with Crippen molar-refractivity contribution in [1.29, 1.82) is 0 Å². The fourth-order valence-corrected chi connectivity index (χ4v) is 3.58. The molecule has 3 aliphatic heterocycles. The zero-order valence-corrected chi connectivity index (χ0v) is 13.7. The minimum atomic E-state index is -4.25. The summed E-state index contributed by atoms with van der Waals surface area (Å²) in [6, 6.07) is 0. The number of hydrogen-bond acceptors (Lipinski definition) is 8. The van der Waals surface area contributed by atoms with E-state index in [1.165, 1.54) is 0 Å². The fraction of sp³-hybridized carbons (Fsp3) is 1.00. The summed E-state index contributed by atoms with van der Waals surface area (Å²) in [5.41, 5.74) is 0. The van der Waals surface area contributed by atoms with Gasteiger partial charge in [-0.05, 0) is 27.7 Å². The Hall–Kier alpha value is -0.330. The lowest BCUT2D eigenvalue weighted by molar-refractivity contribution is -0.320. The molecule has 0 aromatic rings. The van der Waals surface area contributed by atoms with Gasteiger partial charge in [0.2, 0.25) is 5.79 Å². The zero-order chi connectivity index (χ0) is 16.4. The lowest BCUT2D eigenvalue weighted by atomic mass is 9.97. The molecule has 128 valence electrons. The maximum absolute atomic E-state index is 11.5. The molecule has 0 aromatic carbocycles. The molecule has 0 aromatic heterocycles. The van der Waals surface area contributed by atoms with Crippen LogP contribution < -0.4 is 5.14 Å². The van der Waals surface area contributed by atoms with Gasteiger partial charge in [-0.2, -0.15) is 8.42 Å². The molecule has 10 heteroatoms. The monoisotopic (exact) mass is 339 g/mol. The van der Waals surface area contributed by atoms with Crippen LogP contribution in [0.5, 0.6) is 0 Å². The molecule has 3 aliphatic rings. The minimum absolute atomic E-state index is 0.00675. The average molecular weight is 339 g/mol.